The van der Waals surface area contributed by atoms with Gasteiger partial charge in [0.05, 0.1) is 22.9 Å². The van der Waals surface area contributed by atoms with Crippen LogP contribution in [0, 0.1) is 0 Å². The largest absolute Gasteiger partial charge is 0.457 e. The molecule has 0 radical (unpaired) electrons. The molecule has 0 atom stereocenters. The van der Waals surface area contributed by atoms with Gasteiger partial charge in [-0.05, 0) is 65.1 Å². The molecule has 9 aromatic rings. The van der Waals surface area contributed by atoms with Crippen LogP contribution in [-0.4, -0.2) is 19.3 Å². The van der Waals surface area contributed by atoms with Gasteiger partial charge in [0.25, 0.3) is 0 Å². The standard InChI is InChI=1S/C42H32N4OS/c1-42(2,3)29-20-21-43-39(22-29)46-36-24-32(16-17-33(36)34-18-19-38-40(41(34)46)35-14-7-8-15-37(35)48-38)47-31-13-9-12-30(23-31)45-26-28(25-44-45)27-10-5-4-6-11-27/h4-26H,1-3H3. The molecule has 4 aromatic heterocycles. The zero-order chi connectivity index (χ0) is 32.4. The zero-order valence-electron chi connectivity index (χ0n) is 26.9. The van der Waals surface area contributed by atoms with Crippen molar-refractivity contribution in [1.29, 1.82) is 0 Å². The molecule has 5 nitrogen and oxygen atoms in total. The maximum absolute atomic E-state index is 6.57. The first-order chi connectivity index (χ1) is 23.4. The number of hydrogen-bond donors (Lipinski definition) is 0. The number of thiophene rings is 1. The number of fused-ring (bicyclic) bond motifs is 7. The van der Waals surface area contributed by atoms with Crippen molar-refractivity contribution < 1.29 is 4.74 Å². The van der Waals surface area contributed by atoms with E-state index in [9.17, 15) is 0 Å². The van der Waals surface area contributed by atoms with Crippen molar-refractivity contribution in [2.45, 2.75) is 26.2 Å². The summed E-state index contributed by atoms with van der Waals surface area (Å²) in [5.41, 5.74) is 6.58. The van der Waals surface area contributed by atoms with E-state index in [4.69, 9.17) is 9.72 Å². The second kappa shape index (κ2) is 10.9. The molecule has 48 heavy (non-hydrogen) atoms. The van der Waals surface area contributed by atoms with Crippen LogP contribution in [0.5, 0.6) is 11.5 Å². The number of ether oxygens (including phenoxy) is 1. The van der Waals surface area contributed by atoms with Gasteiger partial charge in [-0.3, -0.25) is 4.57 Å². The fourth-order valence-corrected chi connectivity index (χ4v) is 7.78. The third kappa shape index (κ3) is 4.76. The topological polar surface area (TPSA) is 44.9 Å². The summed E-state index contributed by atoms with van der Waals surface area (Å²) in [7, 11) is 0. The van der Waals surface area contributed by atoms with Gasteiger partial charge < -0.3 is 4.74 Å². The number of hydrogen-bond acceptors (Lipinski definition) is 4. The van der Waals surface area contributed by atoms with Gasteiger partial charge >= 0.3 is 0 Å². The molecule has 0 amide bonds. The molecule has 0 bridgehead atoms. The van der Waals surface area contributed by atoms with Gasteiger partial charge in [0.1, 0.15) is 17.3 Å². The third-order valence-electron chi connectivity index (χ3n) is 9.09. The van der Waals surface area contributed by atoms with E-state index in [0.717, 1.165) is 45.0 Å². The highest BCUT2D eigenvalue weighted by molar-refractivity contribution is 7.26. The van der Waals surface area contributed by atoms with Crippen LogP contribution >= 0.6 is 11.3 Å². The zero-order valence-corrected chi connectivity index (χ0v) is 27.7. The third-order valence-corrected chi connectivity index (χ3v) is 10.2. The fraction of sp³-hybridized carbons (Fsp3) is 0.0952. The Morgan fingerprint density at radius 2 is 1.48 bits per heavy atom. The summed E-state index contributed by atoms with van der Waals surface area (Å²) in [6.07, 6.45) is 5.88. The van der Waals surface area contributed by atoms with Crippen LogP contribution in [0.4, 0.5) is 0 Å². The number of aromatic nitrogens is 4. The molecule has 0 N–H and O–H groups in total. The molecule has 0 saturated heterocycles. The van der Waals surface area contributed by atoms with Gasteiger partial charge in [-0.15, -0.1) is 11.3 Å². The van der Waals surface area contributed by atoms with E-state index < -0.39 is 0 Å². The van der Waals surface area contributed by atoms with Crippen molar-refractivity contribution >= 4 is 53.3 Å². The molecule has 4 heterocycles. The molecular formula is C42H32N4OS. The van der Waals surface area contributed by atoms with E-state index >= 15 is 0 Å². The summed E-state index contributed by atoms with van der Waals surface area (Å²) in [6.45, 7) is 6.73. The summed E-state index contributed by atoms with van der Waals surface area (Å²) < 4.78 is 13.3. The maximum atomic E-state index is 6.57. The van der Waals surface area contributed by atoms with Crippen LogP contribution in [0.2, 0.25) is 0 Å². The van der Waals surface area contributed by atoms with Crippen molar-refractivity contribution in [1.82, 2.24) is 19.3 Å². The van der Waals surface area contributed by atoms with E-state index in [2.05, 4.69) is 109 Å². The van der Waals surface area contributed by atoms with E-state index in [1.54, 1.807) is 0 Å². The highest BCUT2D eigenvalue weighted by Crippen LogP contribution is 2.44. The molecule has 9 rings (SSSR count). The molecule has 0 aliphatic heterocycles. The first-order valence-corrected chi connectivity index (χ1v) is 17.0. The van der Waals surface area contributed by atoms with Crippen LogP contribution in [-0.2, 0) is 5.41 Å². The van der Waals surface area contributed by atoms with Crippen LogP contribution in [0.15, 0.2) is 140 Å². The lowest BCUT2D eigenvalue weighted by atomic mass is 9.88. The highest BCUT2D eigenvalue weighted by Gasteiger charge is 2.21. The average molecular weight is 641 g/mol. The maximum Gasteiger partial charge on any atom is 0.137 e. The van der Waals surface area contributed by atoms with Gasteiger partial charge in [0.2, 0.25) is 0 Å². The predicted octanol–water partition coefficient (Wildman–Crippen LogP) is 11.5. The summed E-state index contributed by atoms with van der Waals surface area (Å²) >= 11 is 1.84. The minimum Gasteiger partial charge on any atom is -0.457 e. The van der Waals surface area contributed by atoms with Gasteiger partial charge in [-0.25, -0.2) is 9.67 Å². The molecule has 0 saturated carbocycles. The van der Waals surface area contributed by atoms with E-state index in [1.807, 2.05) is 77.1 Å². The first kappa shape index (κ1) is 28.5. The SMILES string of the molecule is CC(C)(C)c1ccnc(-n2c3cc(Oc4cccc(-n5cc(-c6ccccc6)cn5)c4)ccc3c3ccc4sc5ccccc5c4c32)c1. The second-order valence-corrected chi connectivity index (χ2v) is 14.3. The first-order valence-electron chi connectivity index (χ1n) is 16.1. The molecule has 232 valence electrons. The van der Waals surface area contributed by atoms with Crippen molar-refractivity contribution in [3.63, 3.8) is 0 Å². The lowest BCUT2D eigenvalue weighted by Crippen LogP contribution is -2.12. The monoisotopic (exact) mass is 640 g/mol. The highest BCUT2D eigenvalue weighted by atomic mass is 32.1. The van der Waals surface area contributed by atoms with E-state index in [-0.39, 0.29) is 5.41 Å². The summed E-state index contributed by atoms with van der Waals surface area (Å²) in [6, 6.07) is 42.3. The Balaban J connectivity index is 1.20. The Bertz CT molecular complexity index is 2640. The fourth-order valence-electron chi connectivity index (χ4n) is 6.67. The Kier molecular flexibility index (Phi) is 6.49. The molecular weight excluding hydrogens is 609 g/mol. The Hall–Kier alpha value is -5.72. The lowest BCUT2D eigenvalue weighted by molar-refractivity contribution is 0.483. The molecule has 0 aliphatic rings. The van der Waals surface area contributed by atoms with Gasteiger partial charge in [0, 0.05) is 61.0 Å². The second-order valence-electron chi connectivity index (χ2n) is 13.2. The van der Waals surface area contributed by atoms with E-state index in [0.29, 0.717) is 0 Å². The van der Waals surface area contributed by atoms with Crippen molar-refractivity contribution in [2.75, 3.05) is 0 Å². The predicted molar refractivity (Wildman–Crippen MR) is 199 cm³/mol. The Morgan fingerprint density at radius 1 is 0.667 bits per heavy atom. The lowest BCUT2D eigenvalue weighted by Gasteiger charge is -2.20. The minimum absolute atomic E-state index is 0.0173. The van der Waals surface area contributed by atoms with Crippen LogP contribution in [0.3, 0.4) is 0 Å². The smallest absolute Gasteiger partial charge is 0.137 e. The minimum atomic E-state index is -0.0173. The number of rotatable bonds is 5. The number of nitrogens with zero attached hydrogens (tertiary/aromatic N) is 4. The summed E-state index contributed by atoms with van der Waals surface area (Å²) in [5.74, 6) is 2.40. The average Bonchev–Trinajstić information content (AvgIpc) is 3.83. The number of benzene rings is 5. The Morgan fingerprint density at radius 3 is 2.35 bits per heavy atom. The molecule has 6 heteroatoms. The molecule has 0 unspecified atom stereocenters. The van der Waals surface area contributed by atoms with Crippen molar-refractivity contribution in [3.8, 4) is 34.1 Å². The molecule has 0 aliphatic carbocycles. The Labute approximate surface area is 282 Å². The quantitative estimate of drug-likeness (QED) is 0.188. The van der Waals surface area contributed by atoms with Crippen LogP contribution in [0.1, 0.15) is 26.3 Å². The van der Waals surface area contributed by atoms with Crippen LogP contribution < -0.4 is 4.74 Å². The summed E-state index contributed by atoms with van der Waals surface area (Å²) in [4.78, 5) is 4.97. The molecule has 0 fully saturated rings. The normalized spacial score (nSPS) is 12.1. The summed E-state index contributed by atoms with van der Waals surface area (Å²) in [5, 5.41) is 9.53. The van der Waals surface area contributed by atoms with Crippen LogP contribution in [0.25, 0.3) is 64.6 Å². The molecule has 5 aromatic carbocycles. The van der Waals surface area contributed by atoms with Gasteiger partial charge in [-0.1, -0.05) is 81.4 Å². The van der Waals surface area contributed by atoms with E-state index in [1.165, 1.54) is 36.6 Å². The van der Waals surface area contributed by atoms with Gasteiger partial charge in [0.15, 0.2) is 0 Å². The number of pyridine rings is 1. The molecule has 0 spiro atoms. The van der Waals surface area contributed by atoms with Crippen molar-refractivity contribution in [2.24, 2.45) is 0 Å². The van der Waals surface area contributed by atoms with Gasteiger partial charge in [-0.2, -0.15) is 5.10 Å². The van der Waals surface area contributed by atoms with Crippen molar-refractivity contribution in [3.05, 3.63) is 145 Å².